The molecule has 1 saturated carbocycles. The predicted octanol–water partition coefficient (Wildman–Crippen LogP) is 2.25. The maximum Gasteiger partial charge on any atom is 0.223 e. The van der Waals surface area contributed by atoms with E-state index < -0.39 is 0 Å². The molecule has 8 nitrogen and oxygen atoms in total. The lowest BCUT2D eigenvalue weighted by atomic mass is 9.88. The number of fused-ring (bicyclic) bond motifs is 3. The number of rotatable bonds is 6. The SMILES string of the molecule is NC(=O)C1C2C=CC(C2)C1Nc1nc(Cc2ccc(N3CCOCC3)cc2)nc2c1N=CC2. The molecule has 1 aromatic carbocycles. The van der Waals surface area contributed by atoms with Gasteiger partial charge in [0.25, 0.3) is 0 Å². The van der Waals surface area contributed by atoms with Crippen LogP contribution in [0.15, 0.2) is 41.4 Å². The van der Waals surface area contributed by atoms with Crippen LogP contribution in [0.5, 0.6) is 0 Å². The van der Waals surface area contributed by atoms with Crippen molar-refractivity contribution in [2.24, 2.45) is 28.5 Å². The van der Waals surface area contributed by atoms with Crippen LogP contribution in [0.25, 0.3) is 0 Å². The van der Waals surface area contributed by atoms with Gasteiger partial charge in [0.05, 0.1) is 24.8 Å². The quantitative estimate of drug-likeness (QED) is 0.662. The second-order valence-corrected chi connectivity index (χ2v) is 9.29. The molecule has 2 bridgehead atoms. The first kappa shape index (κ1) is 20.4. The maximum absolute atomic E-state index is 12.2. The molecule has 6 rings (SSSR count). The van der Waals surface area contributed by atoms with E-state index in [1.165, 1.54) is 5.69 Å². The van der Waals surface area contributed by atoms with Crippen molar-refractivity contribution in [1.29, 1.82) is 0 Å². The number of ether oxygens (including phenoxy) is 1. The number of morpholine rings is 1. The number of nitrogens with one attached hydrogen (secondary N) is 1. The Morgan fingerprint density at radius 3 is 2.70 bits per heavy atom. The van der Waals surface area contributed by atoms with Crippen LogP contribution in [0.3, 0.4) is 0 Å². The van der Waals surface area contributed by atoms with Gasteiger partial charge in [-0.3, -0.25) is 9.79 Å². The summed E-state index contributed by atoms with van der Waals surface area (Å²) in [6.07, 6.45) is 8.50. The second kappa shape index (κ2) is 8.26. The van der Waals surface area contributed by atoms with E-state index in [9.17, 15) is 4.79 Å². The van der Waals surface area contributed by atoms with Gasteiger partial charge in [0.1, 0.15) is 11.5 Å². The molecule has 1 saturated heterocycles. The van der Waals surface area contributed by atoms with Crippen LogP contribution in [0.4, 0.5) is 17.2 Å². The van der Waals surface area contributed by atoms with E-state index in [-0.39, 0.29) is 23.8 Å². The summed E-state index contributed by atoms with van der Waals surface area (Å²) >= 11 is 0. The third-order valence-corrected chi connectivity index (χ3v) is 7.27. The van der Waals surface area contributed by atoms with Crippen molar-refractivity contribution in [3.8, 4) is 0 Å². The lowest BCUT2D eigenvalue weighted by Gasteiger charge is -2.29. The summed E-state index contributed by atoms with van der Waals surface area (Å²) in [6, 6.07) is 8.57. The van der Waals surface area contributed by atoms with Crippen molar-refractivity contribution in [2.75, 3.05) is 36.5 Å². The first-order chi connectivity index (χ1) is 16.2. The van der Waals surface area contributed by atoms with Crippen molar-refractivity contribution < 1.29 is 9.53 Å². The zero-order valence-corrected chi connectivity index (χ0v) is 18.5. The normalized spacial score (nSPS) is 27.2. The van der Waals surface area contributed by atoms with E-state index in [2.05, 4.69) is 51.6 Å². The lowest BCUT2D eigenvalue weighted by Crippen LogP contribution is -2.41. The minimum Gasteiger partial charge on any atom is -0.378 e. The Hall–Kier alpha value is -3.26. The number of carbonyl (C=O) groups is 1. The third kappa shape index (κ3) is 3.78. The van der Waals surface area contributed by atoms with Crippen LogP contribution in [0.2, 0.25) is 0 Å². The van der Waals surface area contributed by atoms with Crippen molar-refractivity contribution in [3.63, 3.8) is 0 Å². The molecule has 4 unspecified atom stereocenters. The highest BCUT2D eigenvalue weighted by Crippen LogP contribution is 2.45. The van der Waals surface area contributed by atoms with Crippen molar-refractivity contribution in [1.82, 2.24) is 9.97 Å². The summed E-state index contributed by atoms with van der Waals surface area (Å²) in [7, 11) is 0. The van der Waals surface area contributed by atoms with E-state index in [4.69, 9.17) is 20.4 Å². The number of primary amides is 1. The highest BCUT2D eigenvalue weighted by Gasteiger charge is 2.47. The average molecular weight is 445 g/mol. The van der Waals surface area contributed by atoms with E-state index >= 15 is 0 Å². The number of nitrogens with zero attached hydrogens (tertiary/aromatic N) is 4. The van der Waals surface area contributed by atoms with E-state index in [1.54, 1.807) is 0 Å². The van der Waals surface area contributed by atoms with E-state index in [0.29, 0.717) is 24.6 Å². The fraction of sp³-hybridized carbons (Fsp3) is 0.440. The molecule has 4 atom stereocenters. The topological polar surface area (TPSA) is 106 Å². The number of aromatic nitrogens is 2. The number of carbonyl (C=O) groups excluding carboxylic acids is 1. The van der Waals surface area contributed by atoms with Gasteiger partial charge in [0.2, 0.25) is 5.91 Å². The van der Waals surface area contributed by atoms with Gasteiger partial charge >= 0.3 is 0 Å². The van der Waals surface area contributed by atoms with Crippen LogP contribution in [-0.4, -0.2) is 54.4 Å². The Kier molecular flexibility index (Phi) is 5.10. The second-order valence-electron chi connectivity index (χ2n) is 9.29. The summed E-state index contributed by atoms with van der Waals surface area (Å²) < 4.78 is 5.45. The molecule has 1 aromatic heterocycles. The predicted molar refractivity (Wildman–Crippen MR) is 127 cm³/mol. The zero-order chi connectivity index (χ0) is 22.4. The first-order valence-corrected chi connectivity index (χ1v) is 11.7. The van der Waals surface area contributed by atoms with Crippen LogP contribution in [0.1, 0.15) is 23.5 Å². The van der Waals surface area contributed by atoms with Crippen molar-refractivity contribution in [2.45, 2.75) is 25.3 Å². The Balaban J connectivity index is 1.23. The molecule has 1 amide bonds. The molecule has 3 heterocycles. The van der Waals surface area contributed by atoms with Crippen molar-refractivity contribution in [3.05, 3.63) is 53.5 Å². The van der Waals surface area contributed by atoms with Gasteiger partial charge in [-0.05, 0) is 36.0 Å². The maximum atomic E-state index is 12.2. The number of anilines is 2. The summed E-state index contributed by atoms with van der Waals surface area (Å²) in [5, 5.41) is 3.55. The van der Waals surface area contributed by atoms with Crippen LogP contribution < -0.4 is 16.0 Å². The largest absolute Gasteiger partial charge is 0.378 e. The molecule has 33 heavy (non-hydrogen) atoms. The minimum absolute atomic E-state index is 0.0482. The summed E-state index contributed by atoms with van der Waals surface area (Å²) in [5.41, 5.74) is 9.85. The summed E-state index contributed by atoms with van der Waals surface area (Å²) in [4.78, 5) is 28.7. The van der Waals surface area contributed by atoms with Gasteiger partial charge in [0.15, 0.2) is 5.82 Å². The van der Waals surface area contributed by atoms with Crippen LogP contribution >= 0.6 is 0 Å². The number of allylic oxidation sites excluding steroid dienone is 1. The molecular weight excluding hydrogens is 416 g/mol. The molecule has 8 heteroatoms. The van der Waals surface area contributed by atoms with Crippen LogP contribution in [-0.2, 0) is 22.4 Å². The lowest BCUT2D eigenvalue weighted by molar-refractivity contribution is -0.122. The van der Waals surface area contributed by atoms with Crippen LogP contribution in [0, 0.1) is 17.8 Å². The number of hydrogen-bond acceptors (Lipinski definition) is 7. The first-order valence-electron chi connectivity index (χ1n) is 11.7. The van der Waals surface area contributed by atoms with Gasteiger partial charge in [-0.15, -0.1) is 0 Å². The molecule has 0 radical (unpaired) electrons. The van der Waals surface area contributed by atoms with Gasteiger partial charge in [-0.1, -0.05) is 24.3 Å². The fourth-order valence-electron chi connectivity index (χ4n) is 5.63. The molecule has 2 fully saturated rings. The number of hydrogen-bond donors (Lipinski definition) is 2. The number of amides is 1. The van der Waals surface area contributed by atoms with Gasteiger partial charge in [-0.25, -0.2) is 9.97 Å². The highest BCUT2D eigenvalue weighted by molar-refractivity contribution is 5.82. The standard InChI is InChI=1S/C25H28N6O2/c26-24(32)21-16-3-4-17(14-16)22(21)30-25-23-19(7-8-27-23)28-20(29-25)13-15-1-5-18(6-2-15)31-9-11-33-12-10-31/h1-6,8,16-17,21-22H,7,9-14H2,(H2,26,32)(H,28,29,30). The van der Waals surface area contributed by atoms with Gasteiger partial charge in [-0.2, -0.15) is 0 Å². The molecule has 170 valence electrons. The van der Waals surface area contributed by atoms with Crippen molar-refractivity contribution >= 4 is 29.3 Å². The molecular formula is C25H28N6O2. The number of benzene rings is 1. The highest BCUT2D eigenvalue weighted by atomic mass is 16.5. The summed E-state index contributed by atoms with van der Waals surface area (Å²) in [5.74, 6) is 1.51. The Morgan fingerprint density at radius 2 is 1.91 bits per heavy atom. The van der Waals surface area contributed by atoms with E-state index in [1.807, 2.05) is 6.21 Å². The Morgan fingerprint density at radius 1 is 1.12 bits per heavy atom. The molecule has 2 aliphatic heterocycles. The smallest absolute Gasteiger partial charge is 0.223 e. The third-order valence-electron chi connectivity index (χ3n) is 7.27. The number of aliphatic imine (C=N–C) groups is 1. The van der Waals surface area contributed by atoms with Gasteiger partial charge in [0, 0.05) is 43.9 Å². The summed E-state index contributed by atoms with van der Waals surface area (Å²) in [6.45, 7) is 3.40. The molecule has 2 aromatic rings. The molecule has 3 N–H and O–H groups in total. The molecule has 0 spiro atoms. The Bertz CT molecular complexity index is 1120. The average Bonchev–Trinajstić information content (AvgIpc) is 3.56. The zero-order valence-electron chi connectivity index (χ0n) is 18.5. The Labute approximate surface area is 193 Å². The monoisotopic (exact) mass is 444 g/mol. The number of nitrogens with two attached hydrogens (primary N) is 1. The van der Waals surface area contributed by atoms with E-state index in [0.717, 1.165) is 55.5 Å². The molecule has 4 aliphatic rings. The fourth-order valence-corrected chi connectivity index (χ4v) is 5.63. The minimum atomic E-state index is -0.251. The molecule has 2 aliphatic carbocycles. The van der Waals surface area contributed by atoms with Gasteiger partial charge < -0.3 is 20.7 Å².